The van der Waals surface area contributed by atoms with Crippen molar-refractivity contribution in [2.75, 3.05) is 0 Å². The Morgan fingerprint density at radius 3 is 2.54 bits per heavy atom. The molecule has 66 valence electrons. The number of hydrogen-bond acceptors (Lipinski definition) is 1. The zero-order valence-electron chi connectivity index (χ0n) is 8.26. The van der Waals surface area contributed by atoms with Gasteiger partial charge >= 0.3 is 0 Å². The third-order valence-corrected chi connectivity index (χ3v) is 2.37. The van der Waals surface area contributed by atoms with Gasteiger partial charge in [0, 0.05) is 11.1 Å². The van der Waals surface area contributed by atoms with Gasteiger partial charge in [0.05, 0.1) is 5.52 Å². The third kappa shape index (κ3) is 1.31. The van der Waals surface area contributed by atoms with Crippen molar-refractivity contribution >= 4 is 10.9 Å². The lowest BCUT2D eigenvalue weighted by atomic mass is 10.0. The highest BCUT2D eigenvalue weighted by Crippen LogP contribution is 2.20. The van der Waals surface area contributed by atoms with Crippen molar-refractivity contribution < 1.29 is 0 Å². The topological polar surface area (TPSA) is 12.9 Å². The summed E-state index contributed by atoms with van der Waals surface area (Å²) in [5.41, 5.74) is 4.83. The van der Waals surface area contributed by atoms with Crippen LogP contribution in [0.15, 0.2) is 24.3 Å². The predicted molar refractivity (Wildman–Crippen MR) is 56.0 cm³/mol. The molecule has 1 nitrogen and oxygen atoms in total. The summed E-state index contributed by atoms with van der Waals surface area (Å²) in [5.74, 6) is 0. The van der Waals surface area contributed by atoms with E-state index >= 15 is 0 Å². The molecule has 0 N–H and O–H groups in total. The van der Waals surface area contributed by atoms with E-state index in [-0.39, 0.29) is 0 Å². The molecule has 0 aliphatic heterocycles. The van der Waals surface area contributed by atoms with Gasteiger partial charge in [-0.15, -0.1) is 0 Å². The fourth-order valence-corrected chi connectivity index (χ4v) is 1.87. The standard InChI is InChI=1S/C12H13N/c1-8-5-4-6-11-12(8)9(2)7-10(3)13-11/h4-7H,1-3H3. The molecule has 0 fully saturated rings. The van der Waals surface area contributed by atoms with Crippen molar-refractivity contribution in [3.8, 4) is 0 Å². The molecule has 0 radical (unpaired) electrons. The van der Waals surface area contributed by atoms with Crippen LogP contribution in [0.2, 0.25) is 0 Å². The molecule has 0 atom stereocenters. The zero-order valence-corrected chi connectivity index (χ0v) is 8.26. The van der Waals surface area contributed by atoms with Crippen molar-refractivity contribution in [3.63, 3.8) is 0 Å². The number of nitrogens with zero attached hydrogens (tertiary/aromatic N) is 1. The Kier molecular flexibility index (Phi) is 1.80. The van der Waals surface area contributed by atoms with Crippen LogP contribution in [0.3, 0.4) is 0 Å². The van der Waals surface area contributed by atoms with Gasteiger partial charge in [-0.25, -0.2) is 0 Å². The summed E-state index contributed by atoms with van der Waals surface area (Å²) in [6, 6.07) is 8.40. The van der Waals surface area contributed by atoms with E-state index in [9.17, 15) is 0 Å². The Balaban J connectivity index is 2.94. The number of aromatic nitrogens is 1. The smallest absolute Gasteiger partial charge is 0.0710 e. The molecule has 1 heterocycles. The maximum Gasteiger partial charge on any atom is 0.0710 e. The second-order valence-corrected chi connectivity index (χ2v) is 3.55. The predicted octanol–water partition coefficient (Wildman–Crippen LogP) is 3.16. The summed E-state index contributed by atoms with van der Waals surface area (Å²) in [5, 5.41) is 1.30. The minimum Gasteiger partial charge on any atom is -0.253 e. The van der Waals surface area contributed by atoms with Gasteiger partial charge in [0.25, 0.3) is 0 Å². The van der Waals surface area contributed by atoms with E-state index < -0.39 is 0 Å². The molecular weight excluding hydrogens is 158 g/mol. The number of aryl methyl sites for hydroxylation is 3. The van der Waals surface area contributed by atoms with Gasteiger partial charge in [-0.3, -0.25) is 4.98 Å². The van der Waals surface area contributed by atoms with E-state index in [1.807, 2.05) is 6.92 Å². The van der Waals surface area contributed by atoms with Crippen LogP contribution in [0.25, 0.3) is 10.9 Å². The first-order valence-corrected chi connectivity index (χ1v) is 4.52. The molecule has 2 rings (SSSR count). The maximum absolute atomic E-state index is 4.50. The van der Waals surface area contributed by atoms with Gasteiger partial charge in [-0.2, -0.15) is 0 Å². The lowest BCUT2D eigenvalue weighted by Crippen LogP contribution is -1.89. The number of hydrogen-bond donors (Lipinski definition) is 0. The van der Waals surface area contributed by atoms with Crippen LogP contribution in [0.4, 0.5) is 0 Å². The largest absolute Gasteiger partial charge is 0.253 e. The highest BCUT2D eigenvalue weighted by molar-refractivity contribution is 5.85. The summed E-state index contributed by atoms with van der Waals surface area (Å²) < 4.78 is 0. The first-order chi connectivity index (χ1) is 6.18. The normalized spacial score (nSPS) is 10.7. The molecule has 0 amide bonds. The summed E-state index contributed by atoms with van der Waals surface area (Å²) in [6.45, 7) is 6.31. The average molecular weight is 171 g/mol. The van der Waals surface area contributed by atoms with Gasteiger partial charge in [0.15, 0.2) is 0 Å². The molecule has 1 aromatic carbocycles. The maximum atomic E-state index is 4.50. The van der Waals surface area contributed by atoms with Gasteiger partial charge in [0.2, 0.25) is 0 Å². The number of pyridine rings is 1. The van der Waals surface area contributed by atoms with Crippen molar-refractivity contribution in [3.05, 3.63) is 41.1 Å². The first kappa shape index (κ1) is 8.24. The highest BCUT2D eigenvalue weighted by Gasteiger charge is 2.01. The average Bonchev–Trinajstić information content (AvgIpc) is 2.02. The number of rotatable bonds is 0. The number of fused-ring (bicyclic) bond motifs is 1. The van der Waals surface area contributed by atoms with Crippen LogP contribution < -0.4 is 0 Å². The molecular formula is C12H13N. The summed E-state index contributed by atoms with van der Waals surface area (Å²) in [6.07, 6.45) is 0. The fourth-order valence-electron chi connectivity index (χ4n) is 1.87. The van der Waals surface area contributed by atoms with Gasteiger partial charge < -0.3 is 0 Å². The highest BCUT2D eigenvalue weighted by atomic mass is 14.7. The number of benzene rings is 1. The second kappa shape index (κ2) is 2.84. The van der Waals surface area contributed by atoms with Crippen LogP contribution in [0.5, 0.6) is 0 Å². The van der Waals surface area contributed by atoms with Crippen LogP contribution in [-0.4, -0.2) is 4.98 Å². The van der Waals surface area contributed by atoms with Crippen molar-refractivity contribution in [1.82, 2.24) is 4.98 Å². The fraction of sp³-hybridized carbons (Fsp3) is 0.250. The van der Waals surface area contributed by atoms with Crippen LogP contribution >= 0.6 is 0 Å². The monoisotopic (exact) mass is 171 g/mol. The molecule has 0 saturated carbocycles. The molecule has 0 aliphatic rings. The Hall–Kier alpha value is -1.37. The van der Waals surface area contributed by atoms with Crippen LogP contribution in [0, 0.1) is 20.8 Å². The van der Waals surface area contributed by atoms with Crippen molar-refractivity contribution in [2.24, 2.45) is 0 Å². The van der Waals surface area contributed by atoms with E-state index in [2.05, 4.69) is 43.1 Å². The Morgan fingerprint density at radius 1 is 1.00 bits per heavy atom. The minimum absolute atomic E-state index is 1.09. The van der Waals surface area contributed by atoms with Crippen molar-refractivity contribution in [1.29, 1.82) is 0 Å². The minimum atomic E-state index is 1.09. The molecule has 1 aromatic heterocycles. The summed E-state index contributed by atoms with van der Waals surface area (Å²) in [7, 11) is 0. The Bertz CT molecular complexity index is 458. The molecule has 0 bridgehead atoms. The van der Waals surface area contributed by atoms with E-state index in [1.165, 1.54) is 16.5 Å². The SMILES string of the molecule is Cc1cc(C)c2c(C)cccc2n1. The zero-order chi connectivity index (χ0) is 9.42. The molecule has 0 spiro atoms. The lowest BCUT2D eigenvalue weighted by Gasteiger charge is -2.05. The molecule has 1 heteroatoms. The van der Waals surface area contributed by atoms with Crippen LogP contribution in [0.1, 0.15) is 16.8 Å². The molecule has 0 saturated heterocycles. The van der Waals surface area contributed by atoms with Gasteiger partial charge in [-0.05, 0) is 44.0 Å². The lowest BCUT2D eigenvalue weighted by molar-refractivity contribution is 1.23. The Morgan fingerprint density at radius 2 is 1.77 bits per heavy atom. The van der Waals surface area contributed by atoms with Gasteiger partial charge in [-0.1, -0.05) is 12.1 Å². The first-order valence-electron chi connectivity index (χ1n) is 4.52. The van der Waals surface area contributed by atoms with Crippen molar-refractivity contribution in [2.45, 2.75) is 20.8 Å². The van der Waals surface area contributed by atoms with E-state index in [1.54, 1.807) is 0 Å². The third-order valence-electron chi connectivity index (χ3n) is 2.37. The molecule has 0 unspecified atom stereocenters. The van der Waals surface area contributed by atoms with E-state index in [4.69, 9.17) is 0 Å². The summed E-state index contributed by atoms with van der Waals surface area (Å²) in [4.78, 5) is 4.50. The second-order valence-electron chi connectivity index (χ2n) is 3.55. The molecule has 0 aliphatic carbocycles. The van der Waals surface area contributed by atoms with Crippen LogP contribution in [-0.2, 0) is 0 Å². The molecule has 13 heavy (non-hydrogen) atoms. The van der Waals surface area contributed by atoms with E-state index in [0.29, 0.717) is 0 Å². The van der Waals surface area contributed by atoms with Gasteiger partial charge in [0.1, 0.15) is 0 Å². The molecule has 2 aromatic rings. The quantitative estimate of drug-likeness (QED) is 0.593. The summed E-state index contributed by atoms with van der Waals surface area (Å²) >= 11 is 0. The Labute approximate surface area is 78.4 Å². The van der Waals surface area contributed by atoms with E-state index in [0.717, 1.165) is 11.2 Å².